The second-order valence-electron chi connectivity index (χ2n) is 8.85. The summed E-state index contributed by atoms with van der Waals surface area (Å²) in [6.45, 7) is 8.06. The van der Waals surface area contributed by atoms with Crippen LogP contribution in [-0.2, 0) is 9.59 Å². The Morgan fingerprint density at radius 2 is 1.60 bits per heavy atom. The van der Waals surface area contributed by atoms with Crippen molar-refractivity contribution in [3.05, 3.63) is 48.6 Å². The van der Waals surface area contributed by atoms with Crippen molar-refractivity contribution in [3.8, 4) is 11.5 Å². The van der Waals surface area contributed by atoms with Crippen molar-refractivity contribution in [3.63, 3.8) is 0 Å². The normalized spacial score (nSPS) is 33.5. The predicted molar refractivity (Wildman–Crippen MR) is 121 cm³/mol. The van der Waals surface area contributed by atoms with Gasteiger partial charge in [-0.1, -0.05) is 13.2 Å². The number of hydrogen-bond acceptors (Lipinski definition) is 6. The van der Waals surface area contributed by atoms with Gasteiger partial charge in [-0.2, -0.15) is 23.5 Å². The van der Waals surface area contributed by atoms with E-state index < -0.39 is 0 Å². The van der Waals surface area contributed by atoms with Crippen LogP contribution >= 0.6 is 23.5 Å². The van der Waals surface area contributed by atoms with Gasteiger partial charge in [0.05, 0.1) is 0 Å². The third-order valence-corrected chi connectivity index (χ3v) is 9.51. The van der Waals surface area contributed by atoms with Crippen LogP contribution in [0.4, 0.5) is 0 Å². The Bertz CT molecular complexity index is 896. The van der Waals surface area contributed by atoms with Gasteiger partial charge in [-0.25, -0.2) is 9.59 Å². The van der Waals surface area contributed by atoms with Crippen LogP contribution < -0.4 is 9.47 Å². The number of thioether (sulfide) groups is 2. The minimum atomic E-state index is -0.355. The van der Waals surface area contributed by atoms with Gasteiger partial charge >= 0.3 is 11.9 Å². The van der Waals surface area contributed by atoms with Gasteiger partial charge in [-0.3, -0.25) is 0 Å². The highest BCUT2D eigenvalue weighted by molar-refractivity contribution is 7.99. The molecule has 6 heteroatoms. The highest BCUT2D eigenvalue weighted by Gasteiger charge is 2.58. The molecule has 2 saturated heterocycles. The van der Waals surface area contributed by atoms with Crippen molar-refractivity contribution in [2.45, 2.75) is 19.3 Å². The Morgan fingerprint density at radius 1 is 0.933 bits per heavy atom. The molecule has 0 N–H and O–H groups in total. The molecule has 2 heterocycles. The fourth-order valence-electron chi connectivity index (χ4n) is 5.18. The molecule has 4 aliphatic rings. The molecule has 1 aromatic carbocycles. The lowest BCUT2D eigenvalue weighted by Gasteiger charge is -2.22. The minimum Gasteiger partial charge on any atom is -0.423 e. The van der Waals surface area contributed by atoms with Crippen molar-refractivity contribution in [2.24, 2.45) is 29.1 Å². The fourth-order valence-corrected chi connectivity index (χ4v) is 7.91. The summed E-state index contributed by atoms with van der Waals surface area (Å²) < 4.78 is 11.0. The summed E-state index contributed by atoms with van der Waals surface area (Å²) in [7, 11) is 0. The molecule has 4 fully saturated rings. The molecule has 0 bridgehead atoms. The number of benzene rings is 1. The van der Waals surface area contributed by atoms with Crippen LogP contribution in [0, 0.1) is 29.1 Å². The predicted octanol–water partition coefficient (Wildman–Crippen LogP) is 4.75. The number of carbonyl (C=O) groups excluding carboxylic acids is 2. The summed E-state index contributed by atoms with van der Waals surface area (Å²) in [4.78, 5) is 25.1. The van der Waals surface area contributed by atoms with Gasteiger partial charge in [-0.15, -0.1) is 0 Å². The van der Waals surface area contributed by atoms with E-state index in [0.29, 0.717) is 40.4 Å². The molecule has 4 nitrogen and oxygen atoms in total. The number of ether oxygens (including phenoxy) is 2. The average Bonchev–Trinajstić information content (AvgIpc) is 3.66. The van der Waals surface area contributed by atoms with Gasteiger partial charge in [0, 0.05) is 16.6 Å². The monoisotopic (exact) mass is 442 g/mol. The molecule has 2 saturated carbocycles. The second-order valence-corrected chi connectivity index (χ2v) is 11.2. The molecular formula is C24H26O4S2. The molecule has 0 amide bonds. The lowest BCUT2D eigenvalue weighted by Crippen LogP contribution is -2.23. The Labute approximate surface area is 185 Å². The van der Waals surface area contributed by atoms with Crippen LogP contribution in [0.25, 0.3) is 0 Å². The Balaban J connectivity index is 1.15. The topological polar surface area (TPSA) is 52.6 Å². The average molecular weight is 443 g/mol. The highest BCUT2D eigenvalue weighted by Crippen LogP contribution is 2.64. The van der Waals surface area contributed by atoms with Gasteiger partial charge in [0.1, 0.15) is 11.5 Å². The van der Waals surface area contributed by atoms with E-state index in [1.165, 1.54) is 12.2 Å². The van der Waals surface area contributed by atoms with E-state index in [1.54, 1.807) is 24.3 Å². The molecule has 5 rings (SSSR count). The molecular weight excluding hydrogens is 416 g/mol. The third-order valence-electron chi connectivity index (χ3n) is 7.24. The van der Waals surface area contributed by atoms with E-state index in [2.05, 4.69) is 13.2 Å². The number of hydrogen-bond donors (Lipinski definition) is 0. The summed E-state index contributed by atoms with van der Waals surface area (Å²) in [6.07, 6.45) is 3.23. The zero-order valence-corrected chi connectivity index (χ0v) is 18.6. The highest BCUT2D eigenvalue weighted by atomic mass is 32.2. The maximum atomic E-state index is 12.6. The molecule has 0 radical (unpaired) electrons. The molecule has 158 valence electrons. The summed E-state index contributed by atoms with van der Waals surface area (Å²) in [5, 5.41) is 0. The molecule has 0 spiro atoms. The lowest BCUT2D eigenvalue weighted by molar-refractivity contribution is -0.131. The van der Waals surface area contributed by atoms with Crippen LogP contribution in [-0.4, -0.2) is 35.0 Å². The van der Waals surface area contributed by atoms with Gasteiger partial charge in [0.2, 0.25) is 0 Å². The van der Waals surface area contributed by atoms with Crippen LogP contribution in [0.1, 0.15) is 19.3 Å². The van der Waals surface area contributed by atoms with Gasteiger partial charge < -0.3 is 9.47 Å². The van der Waals surface area contributed by atoms with Crippen molar-refractivity contribution < 1.29 is 19.1 Å². The van der Waals surface area contributed by atoms with Crippen molar-refractivity contribution in [2.75, 3.05) is 23.0 Å². The standard InChI is InChI=1S/C24H26O4S2/c1-14(21-19-7-9-29-13-20(19)21)22(25)27-17-3-5-18(6-4-17)28-23(26)15(2)24-8-10-30-12-16(24)11-24/h3-6,16,19-21H,1-2,7-13H2. The molecule has 30 heavy (non-hydrogen) atoms. The molecule has 2 aliphatic heterocycles. The van der Waals surface area contributed by atoms with Crippen LogP contribution in [0.5, 0.6) is 11.5 Å². The van der Waals surface area contributed by atoms with E-state index in [-0.39, 0.29) is 23.3 Å². The maximum Gasteiger partial charge on any atom is 0.339 e. The zero-order chi connectivity index (χ0) is 20.9. The first-order valence-corrected chi connectivity index (χ1v) is 12.9. The van der Waals surface area contributed by atoms with Crippen molar-refractivity contribution >= 4 is 35.5 Å². The number of rotatable bonds is 6. The first kappa shape index (κ1) is 20.3. The Hall–Kier alpha value is -1.66. The van der Waals surface area contributed by atoms with E-state index in [0.717, 1.165) is 30.1 Å². The van der Waals surface area contributed by atoms with E-state index in [4.69, 9.17) is 9.47 Å². The number of carbonyl (C=O) groups is 2. The smallest absolute Gasteiger partial charge is 0.339 e. The fraction of sp³-hybridized carbons (Fsp3) is 0.500. The number of esters is 2. The Kier molecular flexibility index (Phi) is 5.26. The summed E-state index contributed by atoms with van der Waals surface area (Å²) in [6, 6.07) is 6.62. The maximum absolute atomic E-state index is 12.6. The summed E-state index contributed by atoms with van der Waals surface area (Å²) in [5.41, 5.74) is 1.16. The quantitative estimate of drug-likeness (QED) is 0.360. The number of fused-ring (bicyclic) bond motifs is 2. The Morgan fingerprint density at radius 3 is 2.23 bits per heavy atom. The van der Waals surface area contributed by atoms with Crippen molar-refractivity contribution in [1.82, 2.24) is 0 Å². The summed E-state index contributed by atoms with van der Waals surface area (Å²) in [5.74, 6) is 6.69. The third kappa shape index (κ3) is 3.62. The van der Waals surface area contributed by atoms with E-state index >= 15 is 0 Å². The molecule has 5 unspecified atom stereocenters. The molecule has 1 aromatic rings. The van der Waals surface area contributed by atoms with Gasteiger partial charge in [-0.05, 0) is 90.2 Å². The van der Waals surface area contributed by atoms with Crippen LogP contribution in [0.2, 0.25) is 0 Å². The molecule has 0 aromatic heterocycles. The lowest BCUT2D eigenvalue weighted by atomic mass is 9.91. The first-order valence-electron chi connectivity index (χ1n) is 10.6. The summed E-state index contributed by atoms with van der Waals surface area (Å²) >= 11 is 3.91. The second kappa shape index (κ2) is 7.79. The largest absolute Gasteiger partial charge is 0.423 e. The SMILES string of the molecule is C=C(C(=O)Oc1ccc(OC(=O)C(=C)C23CCSCC2C3)cc1)C1C2CCSCC21. The van der Waals surface area contributed by atoms with Gasteiger partial charge in [0.25, 0.3) is 0 Å². The minimum absolute atomic E-state index is 0.0311. The first-order chi connectivity index (χ1) is 14.5. The van der Waals surface area contributed by atoms with Crippen LogP contribution in [0.15, 0.2) is 48.6 Å². The van der Waals surface area contributed by atoms with E-state index in [1.807, 2.05) is 23.5 Å². The molecule has 5 atom stereocenters. The van der Waals surface area contributed by atoms with E-state index in [9.17, 15) is 9.59 Å². The molecule has 2 aliphatic carbocycles. The van der Waals surface area contributed by atoms with Crippen LogP contribution in [0.3, 0.4) is 0 Å². The zero-order valence-electron chi connectivity index (χ0n) is 16.9. The van der Waals surface area contributed by atoms with Crippen molar-refractivity contribution in [1.29, 1.82) is 0 Å². The van der Waals surface area contributed by atoms with Gasteiger partial charge in [0.15, 0.2) is 0 Å².